The van der Waals surface area contributed by atoms with Crippen molar-refractivity contribution < 1.29 is 23.5 Å². The first kappa shape index (κ1) is 29.0. The molecule has 0 saturated carbocycles. The Morgan fingerprint density at radius 2 is 1.92 bits per heavy atom. The lowest BCUT2D eigenvalue weighted by Crippen LogP contribution is -2.23. The van der Waals surface area contributed by atoms with E-state index >= 15 is 0 Å². The largest absolute Gasteiger partial charge is 0.493 e. The number of thiophene rings is 1. The summed E-state index contributed by atoms with van der Waals surface area (Å²) in [5, 5.41) is 7.54. The number of hydrogen-bond acceptors (Lipinski definition) is 5. The molecule has 0 aliphatic heterocycles. The summed E-state index contributed by atoms with van der Waals surface area (Å²) in [6.45, 7) is 7.68. The number of carbonyl (C=O) groups excluding carboxylic acids is 2. The van der Waals surface area contributed by atoms with E-state index in [0.717, 1.165) is 11.3 Å². The van der Waals surface area contributed by atoms with Crippen LogP contribution in [0.25, 0.3) is 0 Å². The molecule has 0 saturated heterocycles. The van der Waals surface area contributed by atoms with Crippen molar-refractivity contribution in [1.29, 1.82) is 0 Å². The zero-order chi connectivity index (χ0) is 28.0. The maximum Gasteiger partial charge on any atom is 0.300 e. The highest BCUT2D eigenvalue weighted by molar-refractivity contribution is 7.10. The van der Waals surface area contributed by atoms with E-state index in [2.05, 4.69) is 29.1 Å². The summed E-state index contributed by atoms with van der Waals surface area (Å²) in [7, 11) is 0. The molecule has 0 atom stereocenters. The van der Waals surface area contributed by atoms with Crippen LogP contribution in [0.15, 0.2) is 96.4 Å². The number of halogens is 1. The van der Waals surface area contributed by atoms with Crippen molar-refractivity contribution in [2.45, 2.75) is 26.8 Å². The second-order valence-corrected chi connectivity index (χ2v) is 9.14. The maximum absolute atomic E-state index is 13.0. The third-order valence-electron chi connectivity index (χ3n) is 5.07. The van der Waals surface area contributed by atoms with Gasteiger partial charge < -0.3 is 20.1 Å². The van der Waals surface area contributed by atoms with Crippen molar-refractivity contribution in [3.63, 3.8) is 0 Å². The van der Waals surface area contributed by atoms with E-state index in [9.17, 15) is 14.0 Å². The Labute approximate surface area is 231 Å². The fourth-order valence-electron chi connectivity index (χ4n) is 3.21. The summed E-state index contributed by atoms with van der Waals surface area (Å²) < 4.78 is 24.5. The molecule has 0 aliphatic rings. The van der Waals surface area contributed by atoms with Gasteiger partial charge in [-0.05, 0) is 91.4 Å². The molecule has 0 radical (unpaired) electrons. The van der Waals surface area contributed by atoms with Crippen LogP contribution in [0.5, 0.6) is 11.5 Å². The van der Waals surface area contributed by atoms with Crippen LogP contribution in [-0.2, 0) is 11.3 Å². The lowest BCUT2D eigenvalue weighted by atomic mass is 10.1. The summed E-state index contributed by atoms with van der Waals surface area (Å²) >= 11 is 1.46. The van der Waals surface area contributed by atoms with E-state index < -0.39 is 5.91 Å². The van der Waals surface area contributed by atoms with Crippen molar-refractivity contribution in [2.75, 3.05) is 11.9 Å². The van der Waals surface area contributed by atoms with E-state index in [4.69, 9.17) is 9.47 Å². The second kappa shape index (κ2) is 15.0. The smallest absolute Gasteiger partial charge is 0.300 e. The number of carbonyl (C=O) groups is 2. The van der Waals surface area contributed by atoms with Gasteiger partial charge in [-0.1, -0.05) is 19.6 Å². The quantitative estimate of drug-likeness (QED) is 0.159. The Morgan fingerprint density at radius 1 is 1.13 bits per heavy atom. The number of anilines is 1. The molecule has 2 amide bonds. The molecule has 0 spiro atoms. The molecule has 3 rings (SSSR count). The first-order chi connectivity index (χ1) is 18.9. The summed E-state index contributed by atoms with van der Waals surface area (Å²) in [5.41, 5.74) is 1.67. The molecule has 2 N–H and O–H groups in total. The summed E-state index contributed by atoms with van der Waals surface area (Å²) in [6, 6.07) is 15.5. The molecule has 200 valence electrons. The molecule has 1 heterocycles. The molecule has 0 fully saturated rings. The molecular weight excluding hydrogens is 515 g/mol. The zero-order valence-corrected chi connectivity index (χ0v) is 22.6. The van der Waals surface area contributed by atoms with Gasteiger partial charge in [0.15, 0.2) is 0 Å². The van der Waals surface area contributed by atoms with Gasteiger partial charge >= 0.3 is 5.91 Å². The number of hydrogen-bond donors (Lipinski definition) is 2. The summed E-state index contributed by atoms with van der Waals surface area (Å²) in [6.07, 6.45) is 5.03. The number of benzene rings is 2. The predicted octanol–water partition coefficient (Wildman–Crippen LogP) is 6.78. The van der Waals surface area contributed by atoms with Crippen LogP contribution in [-0.4, -0.2) is 18.4 Å². The minimum absolute atomic E-state index is 0.180. The fourth-order valence-corrected chi connectivity index (χ4v) is 3.78. The van der Waals surface area contributed by atoms with Gasteiger partial charge in [-0.3, -0.25) is 9.59 Å². The molecule has 2 aromatic carbocycles. The van der Waals surface area contributed by atoms with Crippen molar-refractivity contribution in [3.8, 4) is 23.3 Å². The Morgan fingerprint density at radius 3 is 2.59 bits per heavy atom. The van der Waals surface area contributed by atoms with Gasteiger partial charge in [0.25, 0.3) is 5.91 Å². The Balaban J connectivity index is 1.66. The molecule has 1 aromatic heterocycles. The van der Waals surface area contributed by atoms with Crippen LogP contribution in [0, 0.1) is 11.8 Å². The van der Waals surface area contributed by atoms with Crippen molar-refractivity contribution in [1.82, 2.24) is 5.32 Å². The Kier molecular flexibility index (Phi) is 11.1. The second-order valence-electron chi connectivity index (χ2n) is 8.19. The molecule has 3 aromatic rings. The number of allylic oxidation sites excluding steroid dienone is 4. The van der Waals surface area contributed by atoms with E-state index in [1.165, 1.54) is 36.5 Å². The van der Waals surface area contributed by atoms with Crippen molar-refractivity contribution in [3.05, 3.63) is 112 Å². The van der Waals surface area contributed by atoms with Crippen molar-refractivity contribution >= 4 is 28.8 Å². The first-order valence-electron chi connectivity index (χ1n) is 12.2. The summed E-state index contributed by atoms with van der Waals surface area (Å²) in [4.78, 5) is 25.9. The lowest BCUT2D eigenvalue weighted by Gasteiger charge is -2.14. The van der Waals surface area contributed by atoms with E-state index in [1.54, 1.807) is 42.5 Å². The van der Waals surface area contributed by atoms with Gasteiger partial charge in [-0.2, -0.15) is 0 Å². The lowest BCUT2D eigenvalue weighted by molar-refractivity contribution is -0.111. The van der Waals surface area contributed by atoms with Crippen LogP contribution in [0.3, 0.4) is 0 Å². The number of ether oxygens (including phenoxy) is 2. The zero-order valence-electron chi connectivity index (χ0n) is 21.8. The van der Waals surface area contributed by atoms with Gasteiger partial charge in [0.05, 0.1) is 17.3 Å². The highest BCUT2D eigenvalue weighted by Gasteiger charge is 2.11. The monoisotopic (exact) mass is 544 g/mol. The van der Waals surface area contributed by atoms with Gasteiger partial charge in [0, 0.05) is 29.3 Å². The van der Waals surface area contributed by atoms with Gasteiger partial charge in [-0.25, -0.2) is 4.39 Å². The molecule has 8 heteroatoms. The average molecular weight is 545 g/mol. The highest BCUT2D eigenvalue weighted by Crippen LogP contribution is 2.24. The molecule has 0 unspecified atom stereocenters. The minimum Gasteiger partial charge on any atom is -0.493 e. The SMILES string of the molecule is C=C/C(=C\C=C(/C)F)Oc1ccc(C(=O)NCc2cc(NC(=O)C#Cc3cccs3)ccc2OCCC)cc1. The van der Waals surface area contributed by atoms with Crippen LogP contribution in [0.1, 0.15) is 41.1 Å². The van der Waals surface area contributed by atoms with Crippen LogP contribution < -0.4 is 20.1 Å². The van der Waals surface area contributed by atoms with E-state index in [1.807, 2.05) is 24.4 Å². The topological polar surface area (TPSA) is 76.7 Å². The predicted molar refractivity (Wildman–Crippen MR) is 153 cm³/mol. The molecule has 0 bridgehead atoms. The molecule has 0 aliphatic carbocycles. The van der Waals surface area contributed by atoms with Gasteiger partial charge in [-0.15, -0.1) is 11.3 Å². The van der Waals surface area contributed by atoms with Gasteiger partial charge in [0.2, 0.25) is 0 Å². The third kappa shape index (κ3) is 9.65. The highest BCUT2D eigenvalue weighted by atomic mass is 32.1. The third-order valence-corrected chi connectivity index (χ3v) is 5.86. The van der Waals surface area contributed by atoms with Crippen LogP contribution in [0.4, 0.5) is 10.1 Å². The van der Waals surface area contributed by atoms with Crippen molar-refractivity contribution in [2.24, 2.45) is 0 Å². The standard InChI is InChI=1S/C31H29FN2O4S/c1-4-18-37-29-16-11-25(34-30(35)17-15-28-7-6-19-39-28)20-24(29)21-33-31(36)23-9-13-27(14-10-23)38-26(5-2)12-8-22(3)32/h5-14,16,19-20H,2,4,18,21H2,1,3H3,(H,33,36)(H,34,35)/b22-8+,26-12+. The van der Waals surface area contributed by atoms with Crippen LogP contribution >= 0.6 is 11.3 Å². The fraction of sp³-hybridized carbons (Fsp3) is 0.161. The maximum atomic E-state index is 13.0. The Bertz CT molecular complexity index is 1410. The number of amides is 2. The minimum atomic E-state index is -0.437. The average Bonchev–Trinajstić information content (AvgIpc) is 3.46. The molecule has 6 nitrogen and oxygen atoms in total. The Hall–Kier alpha value is -4.61. The normalized spacial score (nSPS) is 11.2. The summed E-state index contributed by atoms with van der Waals surface area (Å²) in [5.74, 6) is 5.77. The number of nitrogens with one attached hydrogen (secondary N) is 2. The van der Waals surface area contributed by atoms with E-state index in [-0.39, 0.29) is 18.3 Å². The van der Waals surface area contributed by atoms with E-state index in [0.29, 0.717) is 40.7 Å². The first-order valence-corrected chi connectivity index (χ1v) is 13.1. The number of rotatable bonds is 11. The molecular formula is C31H29FN2O4S. The molecule has 39 heavy (non-hydrogen) atoms. The van der Waals surface area contributed by atoms with Gasteiger partial charge in [0.1, 0.15) is 17.3 Å². The van der Waals surface area contributed by atoms with Crippen LogP contribution in [0.2, 0.25) is 0 Å².